The van der Waals surface area contributed by atoms with Crippen LogP contribution >= 0.6 is 11.3 Å². The van der Waals surface area contributed by atoms with Gasteiger partial charge < -0.3 is 4.90 Å². The number of fused-ring (bicyclic) bond motifs is 12. The summed E-state index contributed by atoms with van der Waals surface area (Å²) in [6.07, 6.45) is 9.65. The molecule has 1 spiro atoms. The number of allylic oxidation sites excluding steroid dienone is 4. The third-order valence-electron chi connectivity index (χ3n) is 13.1. The molecule has 2 heteroatoms. The Morgan fingerprint density at radius 2 is 1.27 bits per heavy atom. The van der Waals surface area contributed by atoms with Crippen LogP contribution in [0.3, 0.4) is 0 Å². The van der Waals surface area contributed by atoms with E-state index < -0.39 is 0 Å². The van der Waals surface area contributed by atoms with Crippen molar-refractivity contribution in [1.82, 2.24) is 0 Å². The molecule has 0 saturated carbocycles. The third kappa shape index (κ3) is 9.44. The van der Waals surface area contributed by atoms with Crippen LogP contribution in [0.5, 0.6) is 0 Å². The van der Waals surface area contributed by atoms with Gasteiger partial charge in [0.1, 0.15) is 0 Å². The Kier molecular flexibility index (Phi) is 17.0. The molecule has 8 aromatic carbocycles. The SMILES string of the molecule is C=Cc1c#cc(N(c2ccccc2)c2cccc3c2C2=C(C=CC2)C32c3ccc(C)cc3-c3c2sc2ccccc32)cc1CC.CC.CC.CC.CCc1ccccc1.Cc1ccc2ccccc2c1. The number of hydrogen-bond donors (Lipinski definition) is 0. The first kappa shape index (κ1) is 50.7. The fourth-order valence-electron chi connectivity index (χ4n) is 10.1. The van der Waals surface area contributed by atoms with Crippen LogP contribution in [0.25, 0.3) is 43.6 Å². The van der Waals surface area contributed by atoms with Crippen LogP contribution in [0.15, 0.2) is 194 Å². The Morgan fingerprint density at radius 1 is 0.614 bits per heavy atom. The maximum atomic E-state index is 4.04. The molecule has 1 nitrogen and oxygen atoms in total. The lowest BCUT2D eigenvalue weighted by molar-refractivity contribution is 0.804. The highest BCUT2D eigenvalue weighted by atomic mass is 32.1. The Labute approximate surface area is 424 Å². The monoisotopic (exact) mass is 932 g/mol. The lowest BCUT2D eigenvalue weighted by Gasteiger charge is -2.32. The van der Waals surface area contributed by atoms with E-state index in [0.717, 1.165) is 36.2 Å². The van der Waals surface area contributed by atoms with Crippen LogP contribution in [0, 0.1) is 26.0 Å². The molecule has 70 heavy (non-hydrogen) atoms. The van der Waals surface area contributed by atoms with Gasteiger partial charge in [0, 0.05) is 37.3 Å². The van der Waals surface area contributed by atoms with Crippen molar-refractivity contribution in [2.45, 2.75) is 93.9 Å². The summed E-state index contributed by atoms with van der Waals surface area (Å²) in [6, 6.07) is 68.3. The van der Waals surface area contributed by atoms with Crippen molar-refractivity contribution in [2.75, 3.05) is 4.90 Å². The van der Waals surface area contributed by atoms with Crippen molar-refractivity contribution < 1.29 is 0 Å². The van der Waals surface area contributed by atoms with E-state index in [-0.39, 0.29) is 5.41 Å². The molecule has 1 heterocycles. The van der Waals surface area contributed by atoms with Gasteiger partial charge in [0.15, 0.2) is 0 Å². The van der Waals surface area contributed by atoms with Gasteiger partial charge in [-0.25, -0.2) is 0 Å². The van der Waals surface area contributed by atoms with Gasteiger partial charge in [0.05, 0.1) is 16.8 Å². The molecule has 352 valence electrons. The minimum atomic E-state index is -0.338. The van der Waals surface area contributed by atoms with Gasteiger partial charge in [0.25, 0.3) is 0 Å². The van der Waals surface area contributed by atoms with E-state index in [9.17, 15) is 0 Å². The van der Waals surface area contributed by atoms with Gasteiger partial charge in [-0.1, -0.05) is 237 Å². The molecule has 3 aliphatic carbocycles. The second-order valence-electron chi connectivity index (χ2n) is 16.9. The van der Waals surface area contributed by atoms with E-state index in [1.54, 1.807) is 0 Å². The first-order valence-electron chi connectivity index (χ1n) is 25.6. The van der Waals surface area contributed by atoms with Gasteiger partial charge in [0.2, 0.25) is 0 Å². The Bertz CT molecular complexity index is 3260. The lowest BCUT2D eigenvalue weighted by atomic mass is 9.73. The van der Waals surface area contributed by atoms with Gasteiger partial charge in [-0.2, -0.15) is 0 Å². The quantitative estimate of drug-likeness (QED) is 0.161. The molecular weight excluding hydrogens is 863 g/mol. The largest absolute Gasteiger partial charge is 0.303 e. The molecule has 0 fully saturated rings. The Morgan fingerprint density at radius 3 is 1.97 bits per heavy atom. The summed E-state index contributed by atoms with van der Waals surface area (Å²) in [7, 11) is 0. The van der Waals surface area contributed by atoms with Crippen molar-refractivity contribution in [2.24, 2.45) is 0 Å². The van der Waals surface area contributed by atoms with E-state index in [1.165, 1.54) is 92.6 Å². The van der Waals surface area contributed by atoms with E-state index >= 15 is 0 Å². The zero-order valence-corrected chi connectivity index (χ0v) is 43.9. The first-order valence-corrected chi connectivity index (χ1v) is 26.4. The molecule has 0 aliphatic heterocycles. The predicted molar refractivity (Wildman–Crippen MR) is 309 cm³/mol. The van der Waals surface area contributed by atoms with Crippen LogP contribution in [-0.2, 0) is 18.3 Å². The zero-order valence-electron chi connectivity index (χ0n) is 43.1. The smallest absolute Gasteiger partial charge is 0.0976 e. The molecule has 0 N–H and O–H groups in total. The minimum absolute atomic E-state index is 0.338. The second kappa shape index (κ2) is 23.4. The summed E-state index contributed by atoms with van der Waals surface area (Å²) in [5.41, 5.74) is 19.0. The summed E-state index contributed by atoms with van der Waals surface area (Å²) >= 11 is 1.97. The van der Waals surface area contributed by atoms with Crippen LogP contribution in [0.2, 0.25) is 0 Å². The van der Waals surface area contributed by atoms with Gasteiger partial charge in [-0.05, 0) is 119 Å². The Hall–Kier alpha value is -7.18. The van der Waals surface area contributed by atoms with Crippen LogP contribution < -0.4 is 4.90 Å². The van der Waals surface area contributed by atoms with E-state index in [2.05, 4.69) is 227 Å². The molecule has 3 aliphatic rings. The number of hydrogen-bond acceptors (Lipinski definition) is 2. The van der Waals surface area contributed by atoms with E-state index in [1.807, 2.05) is 65.0 Å². The average Bonchev–Trinajstić information content (AvgIpc) is 4.20. The van der Waals surface area contributed by atoms with Crippen molar-refractivity contribution >= 4 is 60.9 Å². The number of anilines is 3. The summed E-state index contributed by atoms with van der Waals surface area (Å²) in [4.78, 5) is 3.84. The molecule has 0 bridgehead atoms. The topological polar surface area (TPSA) is 3.24 Å². The number of nitrogens with zero attached hydrogens (tertiary/aromatic N) is 1. The number of aryl methyl sites for hydroxylation is 4. The van der Waals surface area contributed by atoms with Gasteiger partial charge in [-0.3, -0.25) is 0 Å². The fourth-order valence-corrected chi connectivity index (χ4v) is 11.6. The van der Waals surface area contributed by atoms with Crippen LogP contribution in [-0.4, -0.2) is 0 Å². The summed E-state index contributed by atoms with van der Waals surface area (Å²) in [5.74, 6) is 0. The zero-order chi connectivity index (χ0) is 49.8. The minimum Gasteiger partial charge on any atom is -0.303 e. The van der Waals surface area contributed by atoms with E-state index in [4.69, 9.17) is 0 Å². The number of thiophene rings is 1. The standard InChI is InChI=1S/C43H31NS.C11H10.C8H10.3C2H6/c1-4-28-22-23-31(26-29(28)5-2)44(30-13-7-6-8-14-30)38-19-12-18-37-41(38)32-16-11-17-35(32)43(37)36-24-21-27(3)25-34(36)40-33-15-9-10-20-39(33)45-42(40)43;1-9-6-7-10-4-2-3-5-11(10)8-9;1-2-8-6-4-3-5-7-8;3*1-2/h4,6-15,17-21,24-26H,1,5,16H2,2-3H3;2-8H,1H3;3-7H,2H2,1H3;3*1-2H3. The number of benzene rings is 7. The molecule has 9 aromatic rings. The van der Waals surface area contributed by atoms with Crippen molar-refractivity contribution in [1.29, 1.82) is 0 Å². The third-order valence-corrected chi connectivity index (χ3v) is 14.4. The lowest BCUT2D eigenvalue weighted by Crippen LogP contribution is -2.26. The Balaban J connectivity index is 0.000000237. The maximum absolute atomic E-state index is 4.04. The van der Waals surface area contributed by atoms with Gasteiger partial charge in [-0.15, -0.1) is 11.3 Å². The van der Waals surface area contributed by atoms with Crippen molar-refractivity contribution in [3.8, 4) is 11.1 Å². The predicted octanol–water partition coefficient (Wildman–Crippen LogP) is 20.0. The molecule has 0 amide bonds. The summed E-state index contributed by atoms with van der Waals surface area (Å²) in [5, 5.41) is 4.01. The summed E-state index contributed by atoms with van der Waals surface area (Å²) < 4.78 is 1.35. The molecule has 1 atom stereocenters. The van der Waals surface area contributed by atoms with Crippen LogP contribution in [0.1, 0.15) is 111 Å². The molecule has 1 aromatic heterocycles. The number of rotatable bonds is 6. The first-order chi connectivity index (χ1) is 34.4. The number of para-hydroxylation sites is 1. The second-order valence-corrected chi connectivity index (χ2v) is 18.0. The molecule has 1 unspecified atom stereocenters. The van der Waals surface area contributed by atoms with Crippen molar-refractivity contribution in [3.05, 3.63) is 256 Å². The normalized spacial score (nSPS) is 13.8. The molecular formula is C68H69NS. The average molecular weight is 932 g/mol. The van der Waals surface area contributed by atoms with E-state index in [0.29, 0.717) is 0 Å². The maximum Gasteiger partial charge on any atom is 0.0976 e. The molecule has 12 rings (SSSR count). The molecule has 0 radical (unpaired) electrons. The highest BCUT2D eigenvalue weighted by molar-refractivity contribution is 7.20. The highest BCUT2D eigenvalue weighted by Gasteiger charge is 2.55. The van der Waals surface area contributed by atoms with Crippen molar-refractivity contribution in [3.63, 3.8) is 0 Å². The van der Waals surface area contributed by atoms with Crippen LogP contribution in [0.4, 0.5) is 17.1 Å². The highest BCUT2D eigenvalue weighted by Crippen LogP contribution is 2.68. The van der Waals surface area contributed by atoms with Gasteiger partial charge >= 0.3 is 0 Å². The molecule has 0 saturated heterocycles. The fraction of sp³-hybridized carbons (Fsp3) is 0.206. The summed E-state index contributed by atoms with van der Waals surface area (Å²) in [6.45, 7) is 24.7.